The number of hydrogen-bond donors (Lipinski definition) is 2. The lowest BCUT2D eigenvalue weighted by molar-refractivity contribution is 0.0339. The first-order chi connectivity index (χ1) is 8.65. The summed E-state index contributed by atoms with van der Waals surface area (Å²) in [5, 5.41) is 9.91. The molecule has 0 amide bonds. The second kappa shape index (κ2) is 6.18. The van der Waals surface area contributed by atoms with Gasteiger partial charge in [0.15, 0.2) is 0 Å². The van der Waals surface area contributed by atoms with E-state index in [9.17, 15) is 5.11 Å². The summed E-state index contributed by atoms with van der Waals surface area (Å²) in [7, 11) is 0. The molecule has 18 heavy (non-hydrogen) atoms. The number of phenols is 1. The van der Waals surface area contributed by atoms with Crippen molar-refractivity contribution in [2.45, 2.75) is 25.9 Å². The molecule has 1 aromatic rings. The number of morpholine rings is 1. The lowest BCUT2D eigenvalue weighted by Gasteiger charge is -2.27. The van der Waals surface area contributed by atoms with Crippen LogP contribution in [0.1, 0.15) is 18.1 Å². The Bertz CT molecular complexity index is 387. The van der Waals surface area contributed by atoms with Gasteiger partial charge in [-0.3, -0.25) is 4.90 Å². The highest BCUT2D eigenvalue weighted by molar-refractivity contribution is 5.36. The Morgan fingerprint density at radius 3 is 2.78 bits per heavy atom. The molecule has 0 spiro atoms. The van der Waals surface area contributed by atoms with Crippen LogP contribution >= 0.6 is 0 Å². The average Bonchev–Trinajstić information content (AvgIpc) is 2.34. The van der Waals surface area contributed by atoms with Crippen molar-refractivity contribution in [1.82, 2.24) is 4.90 Å². The second-order valence-electron chi connectivity index (χ2n) is 5.03. The number of aromatic hydroxyl groups is 1. The summed E-state index contributed by atoms with van der Waals surface area (Å²) in [6, 6.07) is 5.93. The van der Waals surface area contributed by atoms with Crippen molar-refractivity contribution < 1.29 is 9.84 Å². The van der Waals surface area contributed by atoms with Gasteiger partial charge < -0.3 is 15.6 Å². The molecule has 1 aliphatic heterocycles. The molecule has 1 heterocycles. The molecule has 0 aromatic heterocycles. The minimum Gasteiger partial charge on any atom is -0.508 e. The van der Waals surface area contributed by atoms with Gasteiger partial charge in [-0.2, -0.15) is 0 Å². The van der Waals surface area contributed by atoms with E-state index in [1.165, 1.54) is 5.56 Å². The Hall–Kier alpha value is -1.10. The number of nitrogens with zero attached hydrogens (tertiary/aromatic N) is 1. The zero-order valence-electron chi connectivity index (χ0n) is 10.9. The van der Waals surface area contributed by atoms with Gasteiger partial charge in [0, 0.05) is 31.2 Å². The third kappa shape index (κ3) is 3.70. The lowest BCUT2D eigenvalue weighted by atomic mass is 10.0. The zero-order valence-corrected chi connectivity index (χ0v) is 10.9. The number of rotatable bonds is 4. The van der Waals surface area contributed by atoms with Crippen molar-refractivity contribution in [2.75, 3.05) is 26.3 Å². The summed E-state index contributed by atoms with van der Waals surface area (Å²) in [5.41, 5.74) is 7.98. The first-order valence-electron chi connectivity index (χ1n) is 6.51. The second-order valence-corrected chi connectivity index (χ2v) is 5.03. The van der Waals surface area contributed by atoms with Gasteiger partial charge >= 0.3 is 0 Å². The minimum absolute atomic E-state index is 0.144. The fourth-order valence-corrected chi connectivity index (χ4v) is 2.26. The summed E-state index contributed by atoms with van der Waals surface area (Å²) in [6.07, 6.45) is 0.844. The standard InChI is InChI=1S/C14H22N2O2/c1-11(15)8-12-2-3-14(17)13(9-12)10-16-4-6-18-7-5-16/h2-3,9,11,17H,4-8,10,15H2,1H3. The van der Waals surface area contributed by atoms with E-state index < -0.39 is 0 Å². The minimum atomic E-state index is 0.144. The molecule has 0 saturated carbocycles. The Balaban J connectivity index is 2.05. The quantitative estimate of drug-likeness (QED) is 0.840. The normalized spacial score (nSPS) is 18.8. The number of benzene rings is 1. The largest absolute Gasteiger partial charge is 0.508 e. The van der Waals surface area contributed by atoms with Crippen molar-refractivity contribution in [3.05, 3.63) is 29.3 Å². The Morgan fingerprint density at radius 1 is 1.39 bits per heavy atom. The molecule has 3 N–H and O–H groups in total. The molecule has 0 radical (unpaired) electrons. The number of ether oxygens (including phenoxy) is 1. The fraction of sp³-hybridized carbons (Fsp3) is 0.571. The van der Waals surface area contributed by atoms with Crippen LogP contribution in [0.5, 0.6) is 5.75 Å². The fourth-order valence-electron chi connectivity index (χ4n) is 2.26. The van der Waals surface area contributed by atoms with Gasteiger partial charge in [0.05, 0.1) is 13.2 Å². The molecule has 0 aliphatic carbocycles. The Labute approximate surface area is 108 Å². The topological polar surface area (TPSA) is 58.7 Å². The molecule has 4 nitrogen and oxygen atoms in total. The van der Waals surface area contributed by atoms with E-state index in [4.69, 9.17) is 10.5 Å². The smallest absolute Gasteiger partial charge is 0.120 e. The van der Waals surface area contributed by atoms with Crippen LogP contribution in [0.15, 0.2) is 18.2 Å². The average molecular weight is 250 g/mol. The van der Waals surface area contributed by atoms with E-state index in [2.05, 4.69) is 11.0 Å². The Morgan fingerprint density at radius 2 is 2.11 bits per heavy atom. The predicted molar refractivity (Wildman–Crippen MR) is 71.6 cm³/mol. The van der Waals surface area contributed by atoms with Crippen molar-refractivity contribution in [1.29, 1.82) is 0 Å². The highest BCUT2D eigenvalue weighted by Gasteiger charge is 2.13. The maximum absolute atomic E-state index is 9.91. The van der Waals surface area contributed by atoms with Crippen LogP contribution in [0.4, 0.5) is 0 Å². The van der Waals surface area contributed by atoms with Gasteiger partial charge in [-0.1, -0.05) is 12.1 Å². The van der Waals surface area contributed by atoms with E-state index in [1.54, 1.807) is 6.07 Å². The summed E-state index contributed by atoms with van der Waals surface area (Å²) >= 11 is 0. The molecule has 1 unspecified atom stereocenters. The maximum atomic E-state index is 9.91. The van der Waals surface area contributed by atoms with Crippen molar-refractivity contribution >= 4 is 0 Å². The Kier molecular flexibility index (Phi) is 4.58. The molecule has 2 rings (SSSR count). The van der Waals surface area contributed by atoms with Crippen LogP contribution in [0.2, 0.25) is 0 Å². The third-order valence-corrected chi connectivity index (χ3v) is 3.20. The van der Waals surface area contributed by atoms with Crippen LogP contribution < -0.4 is 5.73 Å². The molecular formula is C14H22N2O2. The summed E-state index contributed by atoms with van der Waals surface area (Å²) in [6.45, 7) is 6.19. The first kappa shape index (κ1) is 13.3. The molecule has 1 atom stereocenters. The third-order valence-electron chi connectivity index (χ3n) is 3.20. The molecule has 0 bridgehead atoms. The molecule has 1 saturated heterocycles. The predicted octanol–water partition coefficient (Wildman–Crippen LogP) is 1.11. The van der Waals surface area contributed by atoms with Crippen molar-refractivity contribution in [3.8, 4) is 5.75 Å². The lowest BCUT2D eigenvalue weighted by Crippen LogP contribution is -2.35. The molecule has 1 aliphatic rings. The SMILES string of the molecule is CC(N)Cc1ccc(O)c(CN2CCOCC2)c1. The van der Waals surface area contributed by atoms with E-state index in [0.29, 0.717) is 5.75 Å². The summed E-state index contributed by atoms with van der Waals surface area (Å²) < 4.78 is 5.32. The van der Waals surface area contributed by atoms with Crippen LogP contribution in [-0.4, -0.2) is 42.4 Å². The van der Waals surface area contributed by atoms with Gasteiger partial charge in [-0.15, -0.1) is 0 Å². The van der Waals surface area contributed by atoms with Gasteiger partial charge in [0.1, 0.15) is 5.75 Å². The van der Waals surface area contributed by atoms with Crippen molar-refractivity contribution in [3.63, 3.8) is 0 Å². The molecule has 1 aromatic carbocycles. The summed E-state index contributed by atoms with van der Waals surface area (Å²) in [4.78, 5) is 2.30. The van der Waals surface area contributed by atoms with Gasteiger partial charge in [-0.25, -0.2) is 0 Å². The monoisotopic (exact) mass is 250 g/mol. The van der Waals surface area contributed by atoms with Crippen LogP contribution in [-0.2, 0) is 17.7 Å². The van der Waals surface area contributed by atoms with E-state index in [-0.39, 0.29) is 6.04 Å². The van der Waals surface area contributed by atoms with Gasteiger partial charge in [0.25, 0.3) is 0 Å². The van der Waals surface area contributed by atoms with Crippen LogP contribution in [0.25, 0.3) is 0 Å². The van der Waals surface area contributed by atoms with E-state index in [0.717, 1.165) is 44.8 Å². The molecule has 1 fully saturated rings. The van der Waals surface area contributed by atoms with Gasteiger partial charge in [0.2, 0.25) is 0 Å². The van der Waals surface area contributed by atoms with Crippen LogP contribution in [0.3, 0.4) is 0 Å². The van der Waals surface area contributed by atoms with E-state index >= 15 is 0 Å². The zero-order chi connectivity index (χ0) is 13.0. The van der Waals surface area contributed by atoms with Crippen LogP contribution in [0, 0.1) is 0 Å². The number of hydrogen-bond acceptors (Lipinski definition) is 4. The number of nitrogens with two attached hydrogens (primary N) is 1. The highest BCUT2D eigenvalue weighted by Crippen LogP contribution is 2.21. The van der Waals surface area contributed by atoms with E-state index in [1.807, 2.05) is 13.0 Å². The number of phenolic OH excluding ortho intramolecular Hbond substituents is 1. The maximum Gasteiger partial charge on any atom is 0.120 e. The van der Waals surface area contributed by atoms with Gasteiger partial charge in [-0.05, 0) is 25.0 Å². The first-order valence-corrected chi connectivity index (χ1v) is 6.51. The highest BCUT2D eigenvalue weighted by atomic mass is 16.5. The molecular weight excluding hydrogens is 228 g/mol. The summed E-state index contributed by atoms with van der Waals surface area (Å²) in [5.74, 6) is 0.370. The van der Waals surface area contributed by atoms with Crippen molar-refractivity contribution in [2.24, 2.45) is 5.73 Å². The molecule has 4 heteroatoms. The molecule has 100 valence electrons.